The zero-order chi connectivity index (χ0) is 9.42. The number of carboxylic acids is 1. The first-order valence-electron chi connectivity index (χ1n) is 3.72. The molecule has 66 valence electrons. The molecule has 0 saturated carbocycles. The maximum absolute atomic E-state index is 10.7. The van der Waals surface area contributed by atoms with Crippen LogP contribution in [0.25, 0.3) is 10.9 Å². The first-order chi connectivity index (χ1) is 6.18. The Kier molecular flexibility index (Phi) is 1.51. The van der Waals surface area contributed by atoms with E-state index < -0.39 is 5.97 Å². The lowest BCUT2D eigenvalue weighted by Gasteiger charge is -1.92. The van der Waals surface area contributed by atoms with Gasteiger partial charge in [0.25, 0.3) is 0 Å². The fourth-order valence-electron chi connectivity index (χ4n) is 1.17. The van der Waals surface area contributed by atoms with Gasteiger partial charge in [-0.1, -0.05) is 0 Å². The van der Waals surface area contributed by atoms with E-state index in [1.54, 1.807) is 19.3 Å². The van der Waals surface area contributed by atoms with Crippen molar-refractivity contribution in [3.63, 3.8) is 0 Å². The van der Waals surface area contributed by atoms with Crippen LogP contribution in [0.4, 0.5) is 0 Å². The molecule has 2 aromatic rings. The summed E-state index contributed by atoms with van der Waals surface area (Å²) in [6.07, 6.45) is 3.18. The van der Waals surface area contributed by atoms with Crippen LogP contribution in [-0.2, 0) is 0 Å². The van der Waals surface area contributed by atoms with Gasteiger partial charge in [0.1, 0.15) is 11.3 Å². The number of aromatic amines is 1. The van der Waals surface area contributed by atoms with Crippen LogP contribution in [0.15, 0.2) is 12.4 Å². The van der Waals surface area contributed by atoms with Crippen molar-refractivity contribution in [3.05, 3.63) is 23.9 Å². The maximum atomic E-state index is 10.7. The Morgan fingerprint density at radius 3 is 3.08 bits per heavy atom. The maximum Gasteiger partial charge on any atom is 0.354 e. The first-order valence-corrected chi connectivity index (χ1v) is 3.72. The van der Waals surface area contributed by atoms with Crippen LogP contribution in [0.3, 0.4) is 0 Å². The highest BCUT2D eigenvalue weighted by molar-refractivity contribution is 6.00. The van der Waals surface area contributed by atoms with E-state index in [2.05, 4.69) is 15.0 Å². The molecule has 13 heavy (non-hydrogen) atoms. The number of H-pyrrole nitrogens is 1. The third kappa shape index (κ3) is 1.14. The van der Waals surface area contributed by atoms with Crippen molar-refractivity contribution in [2.75, 3.05) is 0 Å². The van der Waals surface area contributed by atoms with Gasteiger partial charge < -0.3 is 10.1 Å². The summed E-state index contributed by atoms with van der Waals surface area (Å²) in [4.78, 5) is 21.3. The fraction of sp³-hybridized carbons (Fsp3) is 0.125. The van der Waals surface area contributed by atoms with Crippen LogP contribution >= 0.6 is 0 Å². The molecular formula is C8H7N3O2. The van der Waals surface area contributed by atoms with Crippen LogP contribution in [0.2, 0.25) is 0 Å². The van der Waals surface area contributed by atoms with Gasteiger partial charge in [-0.25, -0.2) is 14.8 Å². The van der Waals surface area contributed by atoms with E-state index in [1.807, 2.05) is 0 Å². The van der Waals surface area contributed by atoms with Crippen molar-refractivity contribution in [2.45, 2.75) is 6.92 Å². The lowest BCUT2D eigenvalue weighted by Crippen LogP contribution is -1.98. The highest BCUT2D eigenvalue weighted by Crippen LogP contribution is 2.14. The number of aromatic carboxylic acids is 1. The van der Waals surface area contributed by atoms with Gasteiger partial charge in [0, 0.05) is 17.8 Å². The highest BCUT2D eigenvalue weighted by atomic mass is 16.4. The summed E-state index contributed by atoms with van der Waals surface area (Å²) in [5.41, 5.74) is 0.570. The molecule has 2 aromatic heterocycles. The molecule has 0 atom stereocenters. The molecule has 0 bridgehead atoms. The summed E-state index contributed by atoms with van der Waals surface area (Å²) in [6, 6.07) is 0. The number of hydrogen-bond donors (Lipinski definition) is 2. The lowest BCUT2D eigenvalue weighted by atomic mass is 10.3. The average molecular weight is 177 g/mol. The van der Waals surface area contributed by atoms with Gasteiger partial charge in [0.05, 0.1) is 0 Å². The molecule has 0 fully saturated rings. The number of carbonyl (C=O) groups is 1. The SMILES string of the molecule is Cc1ncc2c[nH]c(C(=O)O)c2n1. The van der Waals surface area contributed by atoms with Gasteiger partial charge in [0.15, 0.2) is 5.69 Å². The molecule has 0 aromatic carbocycles. The number of nitrogens with one attached hydrogen (secondary N) is 1. The van der Waals surface area contributed by atoms with E-state index in [-0.39, 0.29) is 5.69 Å². The predicted octanol–water partition coefficient (Wildman–Crippen LogP) is 0.965. The van der Waals surface area contributed by atoms with E-state index in [1.165, 1.54) is 0 Å². The summed E-state index contributed by atoms with van der Waals surface area (Å²) in [6.45, 7) is 1.72. The van der Waals surface area contributed by atoms with Crippen LogP contribution in [-0.4, -0.2) is 26.0 Å². The summed E-state index contributed by atoms with van der Waals surface area (Å²) in [5.74, 6) is -0.442. The lowest BCUT2D eigenvalue weighted by molar-refractivity contribution is 0.0693. The Hall–Kier alpha value is -1.91. The number of hydrogen-bond acceptors (Lipinski definition) is 3. The third-order valence-electron chi connectivity index (χ3n) is 1.76. The van der Waals surface area contributed by atoms with Crippen molar-refractivity contribution in [1.82, 2.24) is 15.0 Å². The molecule has 0 spiro atoms. The Bertz CT molecular complexity index is 475. The largest absolute Gasteiger partial charge is 0.477 e. The molecule has 0 unspecified atom stereocenters. The minimum Gasteiger partial charge on any atom is -0.477 e. The van der Waals surface area contributed by atoms with Gasteiger partial charge >= 0.3 is 5.97 Å². The molecule has 5 heteroatoms. The van der Waals surface area contributed by atoms with Gasteiger partial charge in [-0.15, -0.1) is 0 Å². The second kappa shape index (κ2) is 2.55. The van der Waals surface area contributed by atoms with Crippen LogP contribution in [0, 0.1) is 6.92 Å². The third-order valence-corrected chi connectivity index (χ3v) is 1.76. The van der Waals surface area contributed by atoms with Gasteiger partial charge in [-0.2, -0.15) is 0 Å². The number of rotatable bonds is 1. The van der Waals surface area contributed by atoms with Crippen molar-refractivity contribution in [3.8, 4) is 0 Å². The normalized spacial score (nSPS) is 10.5. The zero-order valence-electron chi connectivity index (χ0n) is 6.90. The molecule has 5 nitrogen and oxygen atoms in total. The van der Waals surface area contributed by atoms with Gasteiger partial charge in [0.2, 0.25) is 0 Å². The molecule has 0 amide bonds. The standard InChI is InChI=1S/C8H7N3O2/c1-4-9-2-5-3-10-7(8(12)13)6(5)11-4/h2-3,10H,1H3,(H,12,13). The molecule has 0 aliphatic carbocycles. The summed E-state index contributed by atoms with van der Waals surface area (Å²) >= 11 is 0. The monoisotopic (exact) mass is 177 g/mol. The number of aryl methyl sites for hydroxylation is 1. The fourth-order valence-corrected chi connectivity index (χ4v) is 1.17. The van der Waals surface area contributed by atoms with Crippen molar-refractivity contribution in [1.29, 1.82) is 0 Å². The number of fused-ring (bicyclic) bond motifs is 1. The molecule has 0 saturated heterocycles. The van der Waals surface area contributed by atoms with Crippen molar-refractivity contribution < 1.29 is 9.90 Å². The summed E-state index contributed by atoms with van der Waals surface area (Å²) in [5, 5.41) is 9.48. The van der Waals surface area contributed by atoms with Crippen molar-refractivity contribution in [2.24, 2.45) is 0 Å². The quantitative estimate of drug-likeness (QED) is 0.680. The van der Waals surface area contributed by atoms with E-state index in [9.17, 15) is 4.79 Å². The Balaban J connectivity index is 2.79. The molecule has 2 heterocycles. The average Bonchev–Trinajstić information content (AvgIpc) is 2.46. The number of carboxylic acid groups (broad SMARTS) is 1. The van der Waals surface area contributed by atoms with Gasteiger partial charge in [-0.3, -0.25) is 0 Å². The zero-order valence-corrected chi connectivity index (χ0v) is 6.90. The predicted molar refractivity (Wildman–Crippen MR) is 45.6 cm³/mol. The first kappa shape index (κ1) is 7.72. The number of aromatic nitrogens is 3. The van der Waals surface area contributed by atoms with Crippen LogP contribution < -0.4 is 0 Å². The van der Waals surface area contributed by atoms with E-state index in [0.717, 1.165) is 0 Å². The molecular weight excluding hydrogens is 170 g/mol. The molecule has 0 aliphatic rings. The van der Waals surface area contributed by atoms with E-state index >= 15 is 0 Å². The summed E-state index contributed by atoms with van der Waals surface area (Å²) < 4.78 is 0. The Labute approximate surface area is 73.4 Å². The van der Waals surface area contributed by atoms with Crippen LogP contribution in [0.1, 0.15) is 16.3 Å². The number of nitrogens with zero attached hydrogens (tertiary/aromatic N) is 2. The van der Waals surface area contributed by atoms with E-state index in [4.69, 9.17) is 5.11 Å². The van der Waals surface area contributed by atoms with E-state index in [0.29, 0.717) is 16.7 Å². The van der Waals surface area contributed by atoms with Crippen molar-refractivity contribution >= 4 is 16.9 Å². The molecule has 0 radical (unpaired) electrons. The minimum absolute atomic E-state index is 0.112. The summed E-state index contributed by atoms with van der Waals surface area (Å²) in [7, 11) is 0. The smallest absolute Gasteiger partial charge is 0.354 e. The second-order valence-corrected chi connectivity index (χ2v) is 2.69. The Morgan fingerprint density at radius 2 is 2.38 bits per heavy atom. The van der Waals surface area contributed by atoms with Crippen LogP contribution in [0.5, 0.6) is 0 Å². The topological polar surface area (TPSA) is 78.9 Å². The Morgan fingerprint density at radius 1 is 1.62 bits per heavy atom. The molecule has 2 N–H and O–H groups in total. The molecule has 2 rings (SSSR count). The van der Waals surface area contributed by atoms with Gasteiger partial charge in [-0.05, 0) is 6.92 Å². The second-order valence-electron chi connectivity index (χ2n) is 2.69. The highest BCUT2D eigenvalue weighted by Gasteiger charge is 2.11. The minimum atomic E-state index is -1.01. The molecule has 0 aliphatic heterocycles.